The highest BCUT2D eigenvalue weighted by Gasteiger charge is 2.32. The van der Waals surface area contributed by atoms with Crippen molar-refractivity contribution in [2.45, 2.75) is 25.1 Å². The van der Waals surface area contributed by atoms with Gasteiger partial charge >= 0.3 is 6.18 Å². The number of carbonyl (C=O) groups excluding carboxylic acids is 1. The van der Waals surface area contributed by atoms with Gasteiger partial charge in [-0.3, -0.25) is 4.79 Å². The fraction of sp³-hybridized carbons (Fsp3) is 0.174. The lowest BCUT2D eigenvalue weighted by Crippen LogP contribution is -2.24. The van der Waals surface area contributed by atoms with Gasteiger partial charge in [0.15, 0.2) is 0 Å². The molecule has 31 heavy (non-hydrogen) atoms. The van der Waals surface area contributed by atoms with Crippen molar-refractivity contribution in [1.82, 2.24) is 10.3 Å². The van der Waals surface area contributed by atoms with Crippen LogP contribution in [0.15, 0.2) is 71.5 Å². The third kappa shape index (κ3) is 4.77. The van der Waals surface area contributed by atoms with Crippen molar-refractivity contribution in [2.75, 3.05) is 0 Å². The maximum Gasteiger partial charge on any atom is 0.416 e. The highest BCUT2D eigenvalue weighted by atomic mass is 35.5. The number of aromatic amines is 1. The number of H-pyrrole nitrogens is 1. The van der Waals surface area contributed by atoms with Gasteiger partial charge < -0.3 is 14.7 Å². The summed E-state index contributed by atoms with van der Waals surface area (Å²) in [5.74, 6) is -0.329. The predicted molar refractivity (Wildman–Crippen MR) is 112 cm³/mol. The van der Waals surface area contributed by atoms with E-state index in [0.717, 1.165) is 23.0 Å². The summed E-state index contributed by atoms with van der Waals surface area (Å²) < 4.78 is 45.1. The second-order valence-corrected chi connectivity index (χ2v) is 7.61. The minimum atomic E-state index is -4.48. The van der Waals surface area contributed by atoms with E-state index in [9.17, 15) is 18.0 Å². The average Bonchev–Trinajstić information content (AvgIpc) is 3.40. The van der Waals surface area contributed by atoms with E-state index in [2.05, 4.69) is 10.3 Å². The monoisotopic (exact) mass is 446 g/mol. The van der Waals surface area contributed by atoms with E-state index in [1.807, 2.05) is 0 Å². The molecule has 0 saturated carbocycles. The molecule has 160 valence electrons. The van der Waals surface area contributed by atoms with Crippen LogP contribution in [0.5, 0.6) is 0 Å². The van der Waals surface area contributed by atoms with Crippen molar-refractivity contribution in [2.24, 2.45) is 0 Å². The van der Waals surface area contributed by atoms with E-state index in [-0.39, 0.29) is 18.9 Å². The Morgan fingerprint density at radius 1 is 1.13 bits per heavy atom. The first-order chi connectivity index (χ1) is 14.8. The van der Waals surface area contributed by atoms with Gasteiger partial charge in [0.05, 0.1) is 18.4 Å². The molecule has 0 aliphatic heterocycles. The Kier molecular flexibility index (Phi) is 5.78. The molecule has 4 aromatic rings. The van der Waals surface area contributed by atoms with Crippen molar-refractivity contribution in [3.63, 3.8) is 0 Å². The molecule has 8 heteroatoms. The van der Waals surface area contributed by atoms with Crippen molar-refractivity contribution < 1.29 is 22.4 Å². The smallest absolute Gasteiger partial charge is 0.416 e. The first-order valence-electron chi connectivity index (χ1n) is 9.54. The van der Waals surface area contributed by atoms with Crippen molar-refractivity contribution in [3.05, 3.63) is 94.5 Å². The molecule has 0 aliphatic carbocycles. The van der Waals surface area contributed by atoms with Gasteiger partial charge in [0.2, 0.25) is 5.91 Å². The molecule has 0 bridgehead atoms. The van der Waals surface area contributed by atoms with Gasteiger partial charge in [0.1, 0.15) is 5.76 Å². The molecule has 0 fully saturated rings. The molecule has 1 atom stereocenters. The van der Waals surface area contributed by atoms with E-state index < -0.39 is 17.7 Å². The number of amides is 1. The fourth-order valence-corrected chi connectivity index (χ4v) is 3.77. The van der Waals surface area contributed by atoms with E-state index in [1.165, 1.54) is 12.3 Å². The van der Waals surface area contributed by atoms with Gasteiger partial charge in [-0.15, -0.1) is 0 Å². The SMILES string of the molecule is O=C(C[C@H](c1cccc(C(F)(F)F)c1)c1c[nH]c2ccc(Cl)cc12)NCc1ccco1. The van der Waals surface area contributed by atoms with Crippen LogP contribution < -0.4 is 5.32 Å². The Balaban J connectivity index is 1.70. The summed E-state index contributed by atoms with van der Waals surface area (Å²) in [4.78, 5) is 15.8. The van der Waals surface area contributed by atoms with Crippen LogP contribution in [0.2, 0.25) is 5.02 Å². The topological polar surface area (TPSA) is 58.0 Å². The number of hydrogen-bond acceptors (Lipinski definition) is 2. The first kappa shape index (κ1) is 21.1. The van der Waals surface area contributed by atoms with Gasteiger partial charge in [0, 0.05) is 34.5 Å². The predicted octanol–water partition coefficient (Wildman–Crippen LogP) is 6.27. The molecule has 4 rings (SSSR count). The highest BCUT2D eigenvalue weighted by Crippen LogP contribution is 2.37. The number of carbonyl (C=O) groups is 1. The quantitative estimate of drug-likeness (QED) is 0.366. The van der Waals surface area contributed by atoms with Gasteiger partial charge in [-0.1, -0.05) is 29.8 Å². The first-order valence-corrected chi connectivity index (χ1v) is 9.92. The Labute approximate surface area is 181 Å². The molecular formula is C23H18ClF3N2O2. The Bertz CT molecular complexity index is 1200. The maximum atomic E-state index is 13.3. The Hall–Kier alpha value is -3.19. The number of aromatic nitrogens is 1. The lowest BCUT2D eigenvalue weighted by molar-refractivity contribution is -0.137. The molecule has 0 unspecified atom stereocenters. The lowest BCUT2D eigenvalue weighted by atomic mass is 9.87. The molecule has 2 aromatic heterocycles. The van der Waals surface area contributed by atoms with Crippen LogP contribution >= 0.6 is 11.6 Å². The molecule has 4 nitrogen and oxygen atoms in total. The van der Waals surface area contributed by atoms with Gasteiger partial charge in [-0.2, -0.15) is 13.2 Å². The molecule has 0 aliphatic rings. The van der Waals surface area contributed by atoms with Crippen LogP contribution in [-0.2, 0) is 17.5 Å². The zero-order chi connectivity index (χ0) is 22.0. The second-order valence-electron chi connectivity index (χ2n) is 7.17. The van der Waals surface area contributed by atoms with Gasteiger partial charge in [-0.25, -0.2) is 0 Å². The molecule has 0 saturated heterocycles. The lowest BCUT2D eigenvalue weighted by Gasteiger charge is -2.19. The second kappa shape index (κ2) is 8.51. The Morgan fingerprint density at radius 3 is 2.71 bits per heavy atom. The third-order valence-electron chi connectivity index (χ3n) is 5.10. The molecule has 2 aromatic carbocycles. The number of halogens is 4. The number of benzene rings is 2. The number of fused-ring (bicyclic) bond motifs is 1. The van der Waals surface area contributed by atoms with Crippen LogP contribution in [0.25, 0.3) is 10.9 Å². The summed E-state index contributed by atoms with van der Waals surface area (Å²) in [6.45, 7) is 0.195. The summed E-state index contributed by atoms with van der Waals surface area (Å²) in [6, 6.07) is 13.8. The third-order valence-corrected chi connectivity index (χ3v) is 5.33. The van der Waals surface area contributed by atoms with Crippen molar-refractivity contribution in [1.29, 1.82) is 0 Å². The van der Waals surface area contributed by atoms with Crippen molar-refractivity contribution in [3.8, 4) is 0 Å². The zero-order valence-electron chi connectivity index (χ0n) is 16.2. The zero-order valence-corrected chi connectivity index (χ0v) is 16.9. The summed E-state index contributed by atoms with van der Waals surface area (Å²) in [5.41, 5.74) is 1.12. The van der Waals surface area contributed by atoms with Crippen LogP contribution in [-0.4, -0.2) is 10.9 Å². The Morgan fingerprint density at radius 2 is 1.97 bits per heavy atom. The molecule has 0 spiro atoms. The van der Waals surface area contributed by atoms with E-state index >= 15 is 0 Å². The minimum absolute atomic E-state index is 0.0402. The number of nitrogens with one attached hydrogen (secondary N) is 2. The number of hydrogen-bond donors (Lipinski definition) is 2. The van der Waals surface area contributed by atoms with Crippen molar-refractivity contribution >= 4 is 28.4 Å². The number of rotatable bonds is 6. The fourth-order valence-electron chi connectivity index (χ4n) is 3.60. The summed E-state index contributed by atoms with van der Waals surface area (Å²) in [5, 5.41) is 4.02. The minimum Gasteiger partial charge on any atom is -0.467 e. The molecule has 1 amide bonds. The number of alkyl halides is 3. The van der Waals surface area contributed by atoms with Gasteiger partial charge in [-0.05, 0) is 47.5 Å². The summed E-state index contributed by atoms with van der Waals surface area (Å²) in [7, 11) is 0. The van der Waals surface area contributed by atoms with Gasteiger partial charge in [0.25, 0.3) is 0 Å². The normalized spacial score (nSPS) is 12.8. The average molecular weight is 447 g/mol. The van der Waals surface area contributed by atoms with E-state index in [1.54, 1.807) is 42.6 Å². The maximum absolute atomic E-state index is 13.3. The van der Waals surface area contributed by atoms with Crippen LogP contribution in [0, 0.1) is 0 Å². The molecular weight excluding hydrogens is 429 g/mol. The van der Waals surface area contributed by atoms with Crippen LogP contribution in [0.1, 0.15) is 34.8 Å². The van der Waals surface area contributed by atoms with E-state index in [4.69, 9.17) is 16.0 Å². The van der Waals surface area contributed by atoms with E-state index in [0.29, 0.717) is 21.9 Å². The molecule has 2 N–H and O–H groups in total. The standard InChI is InChI=1S/C23H18ClF3N2O2/c24-16-6-7-21-19(10-16)20(13-28-21)18(11-22(30)29-12-17-5-2-8-31-17)14-3-1-4-15(9-14)23(25,26)27/h1-10,13,18,28H,11-12H2,(H,29,30)/t18-/m1/s1. The molecule has 2 heterocycles. The summed E-state index contributed by atoms with van der Waals surface area (Å²) >= 11 is 6.14. The highest BCUT2D eigenvalue weighted by molar-refractivity contribution is 6.31. The van der Waals surface area contributed by atoms with Crippen LogP contribution in [0.3, 0.4) is 0 Å². The van der Waals surface area contributed by atoms with Crippen LogP contribution in [0.4, 0.5) is 13.2 Å². The molecule has 0 radical (unpaired) electrons. The largest absolute Gasteiger partial charge is 0.467 e. The summed E-state index contributed by atoms with van der Waals surface area (Å²) in [6.07, 6.45) is -1.30. The number of furan rings is 1.